The molecule has 0 aromatic heterocycles. The molecule has 0 fully saturated rings. The first-order valence-electron chi connectivity index (χ1n) is 6.80. The zero-order chi connectivity index (χ0) is 17.5. The normalized spacial score (nSPS) is 10.1. The average Bonchev–Trinajstić information content (AvgIpc) is 2.61. The molecule has 0 radical (unpaired) electrons. The molecule has 8 heteroatoms. The van der Waals surface area contributed by atoms with E-state index in [1.807, 2.05) is 0 Å². The molecule has 2 rings (SSSR count). The van der Waals surface area contributed by atoms with Crippen LogP contribution >= 0.6 is 8.25 Å². The van der Waals surface area contributed by atoms with Gasteiger partial charge in [-0.1, -0.05) is 0 Å². The van der Waals surface area contributed by atoms with E-state index in [9.17, 15) is 14.2 Å². The molecule has 2 aromatic carbocycles. The molecule has 0 saturated heterocycles. The molecule has 2 aromatic rings. The Morgan fingerprint density at radius 3 is 1.33 bits per heavy atom. The van der Waals surface area contributed by atoms with E-state index in [-0.39, 0.29) is 11.5 Å². The summed E-state index contributed by atoms with van der Waals surface area (Å²) in [6.45, 7) is 0. The van der Waals surface area contributed by atoms with Gasteiger partial charge in [0.1, 0.15) is 11.5 Å². The van der Waals surface area contributed by atoms with Gasteiger partial charge in [-0.25, -0.2) is 14.2 Å². The van der Waals surface area contributed by atoms with Gasteiger partial charge in [-0.3, -0.25) is 0 Å². The van der Waals surface area contributed by atoms with Crippen LogP contribution in [-0.4, -0.2) is 26.2 Å². The third-order valence-corrected chi connectivity index (χ3v) is 3.76. The summed E-state index contributed by atoms with van der Waals surface area (Å²) in [5.41, 5.74) is 0.702. The maximum atomic E-state index is 11.9. The topological polar surface area (TPSA) is 88.1 Å². The number of rotatable bonds is 6. The molecule has 0 atom stereocenters. The van der Waals surface area contributed by atoms with Crippen LogP contribution < -0.4 is 9.05 Å². The van der Waals surface area contributed by atoms with E-state index < -0.39 is 20.2 Å². The summed E-state index contributed by atoms with van der Waals surface area (Å²) in [7, 11) is -0.288. The van der Waals surface area contributed by atoms with Crippen molar-refractivity contribution in [3.63, 3.8) is 0 Å². The first kappa shape index (κ1) is 17.6. The van der Waals surface area contributed by atoms with Gasteiger partial charge in [-0.15, -0.1) is 0 Å². The SMILES string of the molecule is COC(=O)c1ccc(O[PH](=O)Oc2ccc(C(=O)OC)cc2)cc1. The highest BCUT2D eigenvalue weighted by molar-refractivity contribution is 7.34. The molecular formula is C16H15O7P. The summed E-state index contributed by atoms with van der Waals surface area (Å²) in [6.07, 6.45) is 0. The molecule has 0 aliphatic heterocycles. The Labute approximate surface area is 139 Å². The number of ether oxygens (including phenoxy) is 2. The van der Waals surface area contributed by atoms with Crippen molar-refractivity contribution in [1.82, 2.24) is 0 Å². The lowest BCUT2D eigenvalue weighted by Crippen LogP contribution is -2.00. The van der Waals surface area contributed by atoms with Gasteiger partial charge in [-0.2, -0.15) is 0 Å². The zero-order valence-corrected chi connectivity index (χ0v) is 14.0. The number of esters is 2. The highest BCUT2D eigenvalue weighted by Crippen LogP contribution is 2.30. The van der Waals surface area contributed by atoms with Crippen LogP contribution in [0.3, 0.4) is 0 Å². The second-order valence-electron chi connectivity index (χ2n) is 4.49. The first-order chi connectivity index (χ1) is 11.5. The maximum Gasteiger partial charge on any atom is 0.418 e. The first-order valence-corrected chi connectivity index (χ1v) is 8.02. The number of methoxy groups -OCH3 is 2. The molecule has 0 bridgehead atoms. The van der Waals surface area contributed by atoms with Gasteiger partial charge >= 0.3 is 20.2 Å². The van der Waals surface area contributed by atoms with Crippen LogP contribution in [0.4, 0.5) is 0 Å². The van der Waals surface area contributed by atoms with Crippen LogP contribution in [0.15, 0.2) is 48.5 Å². The fourth-order valence-corrected chi connectivity index (χ4v) is 2.47. The number of benzene rings is 2. The van der Waals surface area contributed by atoms with Crippen molar-refractivity contribution in [3.05, 3.63) is 59.7 Å². The molecule has 126 valence electrons. The minimum atomic E-state index is -2.85. The molecule has 0 amide bonds. The van der Waals surface area contributed by atoms with Gasteiger partial charge in [0.05, 0.1) is 25.3 Å². The van der Waals surface area contributed by atoms with Crippen molar-refractivity contribution >= 4 is 20.2 Å². The van der Waals surface area contributed by atoms with Gasteiger partial charge in [0.2, 0.25) is 0 Å². The summed E-state index contributed by atoms with van der Waals surface area (Å²) in [5, 5.41) is 0. The zero-order valence-electron chi connectivity index (χ0n) is 13.0. The lowest BCUT2D eigenvalue weighted by atomic mass is 10.2. The van der Waals surface area contributed by atoms with E-state index in [0.717, 1.165) is 0 Å². The van der Waals surface area contributed by atoms with Crippen LogP contribution in [0.5, 0.6) is 11.5 Å². The van der Waals surface area contributed by atoms with Gasteiger partial charge < -0.3 is 18.5 Å². The van der Waals surface area contributed by atoms with Crippen molar-refractivity contribution in [1.29, 1.82) is 0 Å². The minimum Gasteiger partial charge on any atom is -0.465 e. The lowest BCUT2D eigenvalue weighted by Gasteiger charge is -2.09. The third-order valence-electron chi connectivity index (χ3n) is 2.95. The number of carbonyl (C=O) groups is 2. The standard InChI is InChI=1S/C16H15O7P/c1-20-15(17)11-3-7-13(8-4-11)22-24(19)23-14-9-5-12(6-10-14)16(18)21-2/h3-10,24H,1-2H3. The monoisotopic (exact) mass is 350 g/mol. The fourth-order valence-electron chi connectivity index (χ4n) is 1.77. The maximum absolute atomic E-state index is 11.9. The van der Waals surface area contributed by atoms with Gasteiger partial charge in [0, 0.05) is 0 Å². The van der Waals surface area contributed by atoms with Crippen LogP contribution in [0.1, 0.15) is 20.7 Å². The van der Waals surface area contributed by atoms with Crippen molar-refractivity contribution < 1.29 is 32.7 Å². The van der Waals surface area contributed by atoms with Crippen LogP contribution in [0.25, 0.3) is 0 Å². The van der Waals surface area contributed by atoms with E-state index in [1.54, 1.807) is 0 Å². The second-order valence-corrected chi connectivity index (χ2v) is 5.39. The summed E-state index contributed by atoms with van der Waals surface area (Å²) in [6, 6.07) is 11.9. The molecule has 0 aliphatic carbocycles. The van der Waals surface area contributed by atoms with Crippen LogP contribution in [-0.2, 0) is 14.0 Å². The Balaban J connectivity index is 1.95. The third kappa shape index (κ3) is 4.60. The summed E-state index contributed by atoms with van der Waals surface area (Å²) < 4.78 is 31.4. The summed E-state index contributed by atoms with van der Waals surface area (Å²) in [4.78, 5) is 22.6. The Morgan fingerprint density at radius 2 is 1.04 bits per heavy atom. The highest BCUT2D eigenvalue weighted by Gasteiger charge is 2.09. The predicted molar refractivity (Wildman–Crippen MR) is 85.8 cm³/mol. The van der Waals surface area contributed by atoms with Crippen molar-refractivity contribution in [2.75, 3.05) is 14.2 Å². The summed E-state index contributed by atoms with van der Waals surface area (Å²) >= 11 is 0. The van der Waals surface area contributed by atoms with Crippen molar-refractivity contribution in [2.45, 2.75) is 0 Å². The Hall–Kier alpha value is -2.79. The number of hydrogen-bond donors (Lipinski definition) is 0. The molecule has 7 nitrogen and oxygen atoms in total. The number of carbonyl (C=O) groups excluding carboxylic acids is 2. The van der Waals surface area contributed by atoms with E-state index in [2.05, 4.69) is 9.47 Å². The molecule has 0 aliphatic rings. The molecule has 0 N–H and O–H groups in total. The summed E-state index contributed by atoms with van der Waals surface area (Å²) in [5.74, 6) is -0.372. The fraction of sp³-hybridized carbons (Fsp3) is 0.125. The smallest absolute Gasteiger partial charge is 0.418 e. The quantitative estimate of drug-likeness (QED) is 0.584. The van der Waals surface area contributed by atoms with Gasteiger partial charge in [0.15, 0.2) is 0 Å². The van der Waals surface area contributed by atoms with E-state index >= 15 is 0 Å². The Bertz CT molecular complexity index is 675. The predicted octanol–water partition coefficient (Wildman–Crippen LogP) is 3.11. The highest BCUT2D eigenvalue weighted by atomic mass is 31.1. The average molecular weight is 350 g/mol. The van der Waals surface area contributed by atoms with E-state index in [0.29, 0.717) is 11.1 Å². The Kier molecular flexibility index (Phi) is 5.98. The van der Waals surface area contributed by atoms with Crippen LogP contribution in [0, 0.1) is 0 Å². The van der Waals surface area contributed by atoms with Gasteiger partial charge in [0.25, 0.3) is 0 Å². The van der Waals surface area contributed by atoms with E-state index in [4.69, 9.17) is 9.05 Å². The van der Waals surface area contributed by atoms with Crippen molar-refractivity contribution in [2.24, 2.45) is 0 Å². The largest absolute Gasteiger partial charge is 0.465 e. The van der Waals surface area contributed by atoms with E-state index in [1.165, 1.54) is 62.8 Å². The minimum absolute atomic E-state index is 0.290. The molecule has 0 spiro atoms. The molecule has 24 heavy (non-hydrogen) atoms. The van der Waals surface area contributed by atoms with Crippen molar-refractivity contribution in [3.8, 4) is 11.5 Å². The van der Waals surface area contributed by atoms with Gasteiger partial charge in [-0.05, 0) is 48.5 Å². The molecule has 0 heterocycles. The molecule has 0 saturated carbocycles. The number of hydrogen-bond acceptors (Lipinski definition) is 7. The molecular weight excluding hydrogens is 335 g/mol. The lowest BCUT2D eigenvalue weighted by molar-refractivity contribution is 0.0592. The Morgan fingerprint density at radius 1 is 0.708 bits per heavy atom. The van der Waals surface area contributed by atoms with Crippen LogP contribution in [0.2, 0.25) is 0 Å². The molecule has 0 unspecified atom stereocenters. The second kappa shape index (κ2) is 8.17.